The highest BCUT2D eigenvalue weighted by atomic mass is 35.5. The number of rotatable bonds is 3. The Bertz CT molecular complexity index is 670. The van der Waals surface area contributed by atoms with Gasteiger partial charge in [-0.3, -0.25) is 0 Å². The Hall–Kier alpha value is -1.92. The SMILES string of the molecule is Cc1cc(Cl)cc(O)c1-c1cnc(N[C@@H]2CCCC[C@H]2O)nn1. The van der Waals surface area contributed by atoms with Crippen molar-refractivity contribution in [3.63, 3.8) is 0 Å². The second-order valence-corrected chi connectivity index (χ2v) is 6.32. The number of halogens is 1. The van der Waals surface area contributed by atoms with E-state index in [1.54, 1.807) is 12.3 Å². The molecule has 1 aromatic carbocycles. The summed E-state index contributed by atoms with van der Waals surface area (Å²) < 4.78 is 0. The van der Waals surface area contributed by atoms with Gasteiger partial charge in [0.15, 0.2) is 0 Å². The van der Waals surface area contributed by atoms with Crippen LogP contribution in [0.5, 0.6) is 5.75 Å². The molecule has 0 amide bonds. The number of nitrogens with one attached hydrogen (secondary N) is 1. The topological polar surface area (TPSA) is 91.2 Å². The van der Waals surface area contributed by atoms with Gasteiger partial charge in [0.2, 0.25) is 5.95 Å². The lowest BCUT2D eigenvalue weighted by Gasteiger charge is -2.28. The van der Waals surface area contributed by atoms with Crippen molar-refractivity contribution in [3.05, 3.63) is 28.9 Å². The number of aryl methyl sites for hydroxylation is 1. The molecule has 2 aromatic rings. The van der Waals surface area contributed by atoms with Crippen molar-refractivity contribution in [3.8, 4) is 17.0 Å². The first-order chi connectivity index (χ1) is 11.0. The van der Waals surface area contributed by atoms with Crippen LogP contribution in [0.4, 0.5) is 5.95 Å². The van der Waals surface area contributed by atoms with E-state index in [0.29, 0.717) is 22.2 Å². The molecule has 0 aliphatic heterocycles. The van der Waals surface area contributed by atoms with Crippen LogP contribution in [0.3, 0.4) is 0 Å². The molecule has 122 valence electrons. The molecule has 0 unspecified atom stereocenters. The monoisotopic (exact) mass is 334 g/mol. The molecule has 1 saturated carbocycles. The van der Waals surface area contributed by atoms with Crippen LogP contribution in [0.15, 0.2) is 18.3 Å². The predicted octanol–water partition coefficient (Wildman–Crippen LogP) is 2.92. The summed E-state index contributed by atoms with van der Waals surface area (Å²) in [5.74, 6) is 0.431. The van der Waals surface area contributed by atoms with Crippen LogP contribution in [0.1, 0.15) is 31.2 Å². The third-order valence-corrected chi connectivity index (χ3v) is 4.36. The molecule has 1 aliphatic rings. The molecule has 0 bridgehead atoms. The van der Waals surface area contributed by atoms with Crippen LogP contribution in [0.25, 0.3) is 11.3 Å². The fraction of sp³-hybridized carbons (Fsp3) is 0.438. The van der Waals surface area contributed by atoms with Crippen LogP contribution in [-0.2, 0) is 0 Å². The maximum absolute atomic E-state index is 10.1. The van der Waals surface area contributed by atoms with E-state index < -0.39 is 0 Å². The number of nitrogens with zero attached hydrogens (tertiary/aromatic N) is 3. The quantitative estimate of drug-likeness (QED) is 0.799. The van der Waals surface area contributed by atoms with Crippen molar-refractivity contribution in [1.29, 1.82) is 0 Å². The second kappa shape index (κ2) is 6.68. The summed E-state index contributed by atoms with van der Waals surface area (Å²) in [5, 5.41) is 31.8. The minimum absolute atomic E-state index is 0.0397. The van der Waals surface area contributed by atoms with E-state index in [0.717, 1.165) is 31.2 Å². The number of aliphatic hydroxyl groups is 1. The van der Waals surface area contributed by atoms with Crippen molar-refractivity contribution in [2.45, 2.75) is 44.8 Å². The number of aliphatic hydroxyl groups excluding tert-OH is 1. The smallest absolute Gasteiger partial charge is 0.243 e. The van der Waals surface area contributed by atoms with Gasteiger partial charge in [-0.05, 0) is 37.5 Å². The van der Waals surface area contributed by atoms with Crippen molar-refractivity contribution in [2.24, 2.45) is 0 Å². The third kappa shape index (κ3) is 3.54. The summed E-state index contributed by atoms with van der Waals surface area (Å²) in [6.45, 7) is 1.84. The van der Waals surface area contributed by atoms with Gasteiger partial charge in [0.1, 0.15) is 11.4 Å². The molecule has 2 atom stereocenters. The average molecular weight is 335 g/mol. The van der Waals surface area contributed by atoms with Gasteiger partial charge in [-0.25, -0.2) is 4.98 Å². The number of phenolic OH excluding ortho intramolecular Hbond substituents is 1. The van der Waals surface area contributed by atoms with E-state index in [2.05, 4.69) is 20.5 Å². The van der Waals surface area contributed by atoms with E-state index in [1.165, 1.54) is 6.07 Å². The van der Waals surface area contributed by atoms with E-state index >= 15 is 0 Å². The minimum atomic E-state index is -0.380. The van der Waals surface area contributed by atoms with Crippen LogP contribution in [0.2, 0.25) is 5.02 Å². The van der Waals surface area contributed by atoms with Crippen molar-refractivity contribution in [1.82, 2.24) is 15.2 Å². The minimum Gasteiger partial charge on any atom is -0.507 e. The zero-order valence-corrected chi connectivity index (χ0v) is 13.6. The van der Waals surface area contributed by atoms with Gasteiger partial charge in [-0.1, -0.05) is 24.4 Å². The summed E-state index contributed by atoms with van der Waals surface area (Å²) >= 11 is 5.91. The molecular formula is C16H19ClN4O2. The van der Waals surface area contributed by atoms with Gasteiger partial charge in [0, 0.05) is 10.6 Å². The number of aromatic hydroxyl groups is 1. The van der Waals surface area contributed by atoms with E-state index in [1.807, 2.05) is 6.92 Å². The highest BCUT2D eigenvalue weighted by Crippen LogP contribution is 2.33. The van der Waals surface area contributed by atoms with E-state index in [9.17, 15) is 10.2 Å². The molecule has 1 aromatic heterocycles. The zero-order valence-electron chi connectivity index (χ0n) is 12.8. The van der Waals surface area contributed by atoms with Crippen molar-refractivity contribution in [2.75, 3.05) is 5.32 Å². The highest BCUT2D eigenvalue weighted by molar-refractivity contribution is 6.31. The summed E-state index contributed by atoms with van der Waals surface area (Å²) in [5.41, 5.74) is 1.85. The molecule has 0 spiro atoms. The van der Waals surface area contributed by atoms with Gasteiger partial charge in [0.25, 0.3) is 0 Å². The number of benzene rings is 1. The molecular weight excluding hydrogens is 316 g/mol. The lowest BCUT2D eigenvalue weighted by molar-refractivity contribution is 0.116. The molecule has 0 saturated heterocycles. The van der Waals surface area contributed by atoms with Gasteiger partial charge in [-0.15, -0.1) is 10.2 Å². The third-order valence-electron chi connectivity index (χ3n) is 4.14. The maximum atomic E-state index is 10.1. The Morgan fingerprint density at radius 3 is 2.65 bits per heavy atom. The number of phenols is 1. The molecule has 23 heavy (non-hydrogen) atoms. The molecule has 1 aliphatic carbocycles. The standard InChI is InChI=1S/C16H19ClN4O2/c1-9-6-10(17)7-14(23)15(9)12-8-18-16(21-20-12)19-11-4-2-3-5-13(11)22/h6-8,11,13,22-23H,2-5H2,1H3,(H,18,19,21)/t11-,13-/m1/s1. The van der Waals surface area contributed by atoms with Crippen LogP contribution < -0.4 is 5.32 Å². The molecule has 1 fully saturated rings. The Morgan fingerprint density at radius 2 is 2.00 bits per heavy atom. The molecule has 0 radical (unpaired) electrons. The first kappa shape index (κ1) is 16.0. The summed E-state index contributed by atoms with van der Waals surface area (Å²) in [6, 6.07) is 3.18. The fourth-order valence-electron chi connectivity index (χ4n) is 2.96. The number of hydrogen-bond acceptors (Lipinski definition) is 6. The largest absolute Gasteiger partial charge is 0.507 e. The molecule has 3 rings (SSSR count). The fourth-order valence-corrected chi connectivity index (χ4v) is 3.23. The number of anilines is 1. The summed E-state index contributed by atoms with van der Waals surface area (Å²) in [7, 11) is 0. The van der Waals surface area contributed by atoms with Crippen LogP contribution in [0, 0.1) is 6.92 Å². The zero-order chi connectivity index (χ0) is 16.4. The van der Waals surface area contributed by atoms with Crippen molar-refractivity contribution >= 4 is 17.5 Å². The predicted molar refractivity (Wildman–Crippen MR) is 88.6 cm³/mol. The average Bonchev–Trinajstić information content (AvgIpc) is 2.50. The number of aromatic nitrogens is 3. The summed E-state index contributed by atoms with van der Waals surface area (Å²) in [4.78, 5) is 4.25. The second-order valence-electron chi connectivity index (χ2n) is 5.89. The Kier molecular flexibility index (Phi) is 4.63. The van der Waals surface area contributed by atoms with Crippen LogP contribution in [-0.4, -0.2) is 37.5 Å². The molecule has 1 heterocycles. The lowest BCUT2D eigenvalue weighted by atomic mass is 9.93. The number of hydrogen-bond donors (Lipinski definition) is 3. The van der Waals surface area contributed by atoms with Gasteiger partial charge >= 0.3 is 0 Å². The van der Waals surface area contributed by atoms with Gasteiger partial charge in [-0.2, -0.15) is 0 Å². The molecule has 7 heteroatoms. The first-order valence-corrected chi connectivity index (χ1v) is 8.06. The van der Waals surface area contributed by atoms with Gasteiger partial charge < -0.3 is 15.5 Å². The maximum Gasteiger partial charge on any atom is 0.243 e. The first-order valence-electron chi connectivity index (χ1n) is 7.68. The van der Waals surface area contributed by atoms with Crippen molar-refractivity contribution < 1.29 is 10.2 Å². The molecule has 3 N–H and O–H groups in total. The molecule has 6 nitrogen and oxygen atoms in total. The lowest BCUT2D eigenvalue weighted by Crippen LogP contribution is -2.36. The Morgan fingerprint density at radius 1 is 1.22 bits per heavy atom. The Labute approximate surface area is 139 Å². The van der Waals surface area contributed by atoms with Crippen LogP contribution >= 0.6 is 11.6 Å². The normalized spacial score (nSPS) is 21.2. The highest BCUT2D eigenvalue weighted by Gasteiger charge is 2.23. The van der Waals surface area contributed by atoms with E-state index in [4.69, 9.17) is 11.6 Å². The Balaban J connectivity index is 1.80. The summed E-state index contributed by atoms with van der Waals surface area (Å²) in [6.07, 6.45) is 4.99. The van der Waals surface area contributed by atoms with E-state index in [-0.39, 0.29) is 17.9 Å². The van der Waals surface area contributed by atoms with Gasteiger partial charge in [0.05, 0.1) is 18.3 Å².